The van der Waals surface area contributed by atoms with Gasteiger partial charge in [0.1, 0.15) is 0 Å². The molecule has 0 saturated carbocycles. The summed E-state index contributed by atoms with van der Waals surface area (Å²) in [5.74, 6) is 0. The standard InChI is InChI=1S/C8H6BrClN2/c9-7-2-1-5(3-11)6(4-12)8(7)10/h1-2H,4,12H2. The summed E-state index contributed by atoms with van der Waals surface area (Å²) in [4.78, 5) is 0. The maximum atomic E-state index is 8.69. The van der Waals surface area contributed by atoms with E-state index in [-0.39, 0.29) is 6.54 Å². The third kappa shape index (κ3) is 1.61. The minimum absolute atomic E-state index is 0.279. The first-order chi connectivity index (χ1) is 5.70. The van der Waals surface area contributed by atoms with Gasteiger partial charge in [0.05, 0.1) is 16.7 Å². The van der Waals surface area contributed by atoms with Crippen molar-refractivity contribution in [2.45, 2.75) is 6.54 Å². The SMILES string of the molecule is N#Cc1ccc(Br)c(Cl)c1CN. The van der Waals surface area contributed by atoms with E-state index in [1.807, 2.05) is 6.07 Å². The van der Waals surface area contributed by atoms with E-state index in [0.29, 0.717) is 16.1 Å². The van der Waals surface area contributed by atoms with Gasteiger partial charge < -0.3 is 5.73 Å². The maximum absolute atomic E-state index is 8.69. The third-order valence-electron chi connectivity index (χ3n) is 1.52. The van der Waals surface area contributed by atoms with Crippen molar-refractivity contribution in [2.24, 2.45) is 5.73 Å². The number of nitrogens with zero attached hydrogens (tertiary/aromatic N) is 1. The minimum atomic E-state index is 0.279. The molecule has 0 unspecified atom stereocenters. The number of hydrogen-bond acceptors (Lipinski definition) is 2. The fourth-order valence-electron chi connectivity index (χ4n) is 0.897. The van der Waals surface area contributed by atoms with Crippen LogP contribution in [0.5, 0.6) is 0 Å². The molecule has 1 rings (SSSR count). The summed E-state index contributed by atoms with van der Waals surface area (Å²) in [5, 5.41) is 9.21. The van der Waals surface area contributed by atoms with Crippen molar-refractivity contribution in [3.05, 3.63) is 32.8 Å². The van der Waals surface area contributed by atoms with E-state index in [2.05, 4.69) is 15.9 Å². The van der Waals surface area contributed by atoms with E-state index in [1.54, 1.807) is 12.1 Å². The molecule has 4 heteroatoms. The molecule has 0 amide bonds. The zero-order valence-electron chi connectivity index (χ0n) is 6.14. The van der Waals surface area contributed by atoms with E-state index in [4.69, 9.17) is 22.6 Å². The third-order valence-corrected chi connectivity index (χ3v) is 2.84. The Balaban J connectivity index is 3.38. The minimum Gasteiger partial charge on any atom is -0.326 e. The van der Waals surface area contributed by atoms with E-state index >= 15 is 0 Å². The highest BCUT2D eigenvalue weighted by Crippen LogP contribution is 2.28. The fourth-order valence-corrected chi connectivity index (χ4v) is 1.51. The van der Waals surface area contributed by atoms with Gasteiger partial charge in [-0.2, -0.15) is 5.26 Å². The van der Waals surface area contributed by atoms with Gasteiger partial charge in [-0.25, -0.2) is 0 Å². The molecular formula is C8H6BrClN2. The largest absolute Gasteiger partial charge is 0.326 e. The molecule has 0 radical (unpaired) electrons. The highest BCUT2D eigenvalue weighted by Gasteiger charge is 2.07. The summed E-state index contributed by atoms with van der Waals surface area (Å²) in [6.45, 7) is 0.279. The lowest BCUT2D eigenvalue weighted by Crippen LogP contribution is -2.00. The average molecular weight is 246 g/mol. The van der Waals surface area contributed by atoms with Crippen LogP contribution in [0.1, 0.15) is 11.1 Å². The van der Waals surface area contributed by atoms with Crippen LogP contribution in [0.25, 0.3) is 0 Å². The highest BCUT2D eigenvalue weighted by molar-refractivity contribution is 9.10. The van der Waals surface area contributed by atoms with E-state index < -0.39 is 0 Å². The molecule has 0 aliphatic rings. The fraction of sp³-hybridized carbons (Fsp3) is 0.125. The molecule has 0 aliphatic carbocycles. The van der Waals surface area contributed by atoms with Crippen LogP contribution in [0.15, 0.2) is 16.6 Å². The van der Waals surface area contributed by atoms with Crippen LogP contribution < -0.4 is 5.73 Å². The Kier molecular flexibility index (Phi) is 3.10. The smallest absolute Gasteiger partial charge is 0.0995 e. The molecule has 0 bridgehead atoms. The number of benzene rings is 1. The van der Waals surface area contributed by atoms with Gasteiger partial charge >= 0.3 is 0 Å². The molecule has 0 atom stereocenters. The van der Waals surface area contributed by atoms with Gasteiger partial charge in [0.2, 0.25) is 0 Å². The Labute approximate surface area is 84.1 Å². The Morgan fingerprint density at radius 3 is 2.75 bits per heavy atom. The van der Waals surface area contributed by atoms with Crippen molar-refractivity contribution in [1.82, 2.24) is 0 Å². The van der Waals surface area contributed by atoms with Crippen LogP contribution in [-0.2, 0) is 6.54 Å². The van der Waals surface area contributed by atoms with Crippen molar-refractivity contribution in [2.75, 3.05) is 0 Å². The number of nitriles is 1. The Morgan fingerprint density at radius 2 is 2.25 bits per heavy atom. The van der Waals surface area contributed by atoms with Crippen LogP contribution in [0.2, 0.25) is 5.02 Å². The summed E-state index contributed by atoms with van der Waals surface area (Å²) in [6, 6.07) is 5.46. The molecule has 1 aromatic rings. The first-order valence-electron chi connectivity index (χ1n) is 3.27. The van der Waals surface area contributed by atoms with Gasteiger partial charge in [-0.1, -0.05) is 11.6 Å². The molecule has 0 spiro atoms. The Bertz CT molecular complexity index is 344. The van der Waals surface area contributed by atoms with Crippen LogP contribution in [0.3, 0.4) is 0 Å². The summed E-state index contributed by atoms with van der Waals surface area (Å²) >= 11 is 9.15. The summed E-state index contributed by atoms with van der Waals surface area (Å²) in [6.07, 6.45) is 0. The predicted octanol–water partition coefficient (Wildman–Crippen LogP) is 2.43. The van der Waals surface area contributed by atoms with E-state index in [1.165, 1.54) is 0 Å². The lowest BCUT2D eigenvalue weighted by molar-refractivity contribution is 1.06. The number of nitrogens with two attached hydrogens (primary N) is 1. The molecule has 2 nitrogen and oxygen atoms in total. The molecule has 62 valence electrons. The molecule has 2 N–H and O–H groups in total. The lowest BCUT2D eigenvalue weighted by Gasteiger charge is -2.04. The van der Waals surface area contributed by atoms with Gasteiger partial charge in [-0.15, -0.1) is 0 Å². The van der Waals surface area contributed by atoms with E-state index in [9.17, 15) is 0 Å². The number of hydrogen-bond donors (Lipinski definition) is 1. The van der Waals surface area contributed by atoms with Crippen molar-refractivity contribution in [1.29, 1.82) is 5.26 Å². The van der Waals surface area contributed by atoms with Gasteiger partial charge in [-0.05, 0) is 28.1 Å². The Hall–Kier alpha value is -0.560. The molecule has 12 heavy (non-hydrogen) atoms. The van der Waals surface area contributed by atoms with Crippen LogP contribution in [0.4, 0.5) is 0 Å². The number of halogens is 2. The number of rotatable bonds is 1. The average Bonchev–Trinajstić information content (AvgIpc) is 2.09. The Morgan fingerprint density at radius 1 is 1.58 bits per heavy atom. The quantitative estimate of drug-likeness (QED) is 0.826. The van der Waals surface area contributed by atoms with Gasteiger partial charge in [-0.3, -0.25) is 0 Å². The van der Waals surface area contributed by atoms with Gasteiger partial charge in [0.15, 0.2) is 0 Å². The predicted molar refractivity (Wildman–Crippen MR) is 51.8 cm³/mol. The summed E-state index contributed by atoms with van der Waals surface area (Å²) < 4.78 is 0.767. The van der Waals surface area contributed by atoms with Gasteiger partial charge in [0.25, 0.3) is 0 Å². The summed E-state index contributed by atoms with van der Waals surface area (Å²) in [5.41, 5.74) is 6.66. The lowest BCUT2D eigenvalue weighted by atomic mass is 10.1. The summed E-state index contributed by atoms with van der Waals surface area (Å²) in [7, 11) is 0. The second-order valence-corrected chi connectivity index (χ2v) is 3.44. The van der Waals surface area contributed by atoms with Crippen LogP contribution >= 0.6 is 27.5 Å². The second kappa shape index (κ2) is 3.90. The van der Waals surface area contributed by atoms with Crippen molar-refractivity contribution >= 4 is 27.5 Å². The monoisotopic (exact) mass is 244 g/mol. The molecule has 0 fully saturated rings. The molecule has 0 heterocycles. The van der Waals surface area contributed by atoms with E-state index in [0.717, 1.165) is 4.47 Å². The normalized spacial score (nSPS) is 9.50. The van der Waals surface area contributed by atoms with Crippen molar-refractivity contribution in [3.63, 3.8) is 0 Å². The molecular weight excluding hydrogens is 239 g/mol. The van der Waals surface area contributed by atoms with Gasteiger partial charge in [0, 0.05) is 16.6 Å². The molecule has 0 aliphatic heterocycles. The van der Waals surface area contributed by atoms with Crippen molar-refractivity contribution < 1.29 is 0 Å². The molecule has 0 aromatic heterocycles. The second-order valence-electron chi connectivity index (χ2n) is 2.20. The maximum Gasteiger partial charge on any atom is 0.0995 e. The van der Waals surface area contributed by atoms with Crippen molar-refractivity contribution in [3.8, 4) is 6.07 Å². The zero-order valence-corrected chi connectivity index (χ0v) is 8.48. The highest BCUT2D eigenvalue weighted by atomic mass is 79.9. The topological polar surface area (TPSA) is 49.8 Å². The zero-order chi connectivity index (χ0) is 9.14. The molecule has 1 aromatic carbocycles. The van der Waals surface area contributed by atoms with Crippen LogP contribution in [0, 0.1) is 11.3 Å². The first kappa shape index (κ1) is 9.53. The first-order valence-corrected chi connectivity index (χ1v) is 4.45. The van der Waals surface area contributed by atoms with Crippen LogP contribution in [-0.4, -0.2) is 0 Å². The molecule has 0 saturated heterocycles.